The first kappa shape index (κ1) is 16.5. The van der Waals surface area contributed by atoms with Crippen LogP contribution in [0.15, 0.2) is 36.7 Å². The van der Waals surface area contributed by atoms with Crippen LogP contribution in [-0.2, 0) is 0 Å². The highest BCUT2D eigenvalue weighted by Gasteiger charge is 2.39. The van der Waals surface area contributed by atoms with E-state index in [4.69, 9.17) is 11.6 Å². The molecule has 3 aliphatic heterocycles. The van der Waals surface area contributed by atoms with E-state index in [-0.39, 0.29) is 17.9 Å². The molecule has 2 amide bonds. The van der Waals surface area contributed by atoms with Crippen LogP contribution in [0.4, 0.5) is 0 Å². The lowest BCUT2D eigenvalue weighted by Crippen LogP contribution is -2.47. The molecular weight excluding hydrogens is 358 g/mol. The van der Waals surface area contributed by atoms with E-state index in [0.717, 1.165) is 12.8 Å². The van der Waals surface area contributed by atoms with Gasteiger partial charge in [-0.15, -0.1) is 11.3 Å². The van der Waals surface area contributed by atoms with Crippen molar-refractivity contribution in [1.29, 1.82) is 0 Å². The molecule has 0 radical (unpaired) electrons. The molecule has 3 aliphatic rings. The van der Waals surface area contributed by atoms with Crippen LogP contribution in [0.25, 0.3) is 0 Å². The highest BCUT2D eigenvalue weighted by Crippen LogP contribution is 2.31. The van der Waals surface area contributed by atoms with E-state index in [1.54, 1.807) is 36.7 Å². The van der Waals surface area contributed by atoms with Gasteiger partial charge < -0.3 is 9.80 Å². The quantitative estimate of drug-likeness (QED) is 0.810. The predicted molar refractivity (Wildman–Crippen MR) is 97.0 cm³/mol. The second kappa shape index (κ2) is 6.77. The third kappa shape index (κ3) is 3.28. The number of aromatic nitrogens is 1. The Hall–Kier alpha value is -1.92. The molecule has 0 aliphatic carbocycles. The van der Waals surface area contributed by atoms with Crippen molar-refractivity contribution in [3.05, 3.63) is 51.4 Å². The van der Waals surface area contributed by atoms with Gasteiger partial charge in [0.05, 0.1) is 9.21 Å². The van der Waals surface area contributed by atoms with E-state index in [9.17, 15) is 9.59 Å². The number of pyridine rings is 1. The van der Waals surface area contributed by atoms with Gasteiger partial charge in [0.15, 0.2) is 0 Å². The van der Waals surface area contributed by atoms with E-state index >= 15 is 0 Å². The van der Waals surface area contributed by atoms with Gasteiger partial charge in [-0.05, 0) is 43.0 Å². The maximum Gasteiger partial charge on any atom is 0.264 e. The standard InChI is InChI=1S/C18H18ClN3O2S/c19-16-4-3-15(25-16)18(24)22-10-12-1-2-14(22)11-21(9-12)17(23)13-5-7-20-8-6-13/h3-8,12,14H,1-2,9-11H2/t12-,14+/m0/s1. The zero-order valence-corrected chi connectivity index (χ0v) is 15.2. The molecule has 5 nitrogen and oxygen atoms in total. The number of halogens is 1. The Bertz CT molecular complexity index is 795. The molecule has 3 fully saturated rings. The van der Waals surface area contributed by atoms with Crippen LogP contribution in [0, 0.1) is 5.92 Å². The van der Waals surface area contributed by atoms with Gasteiger partial charge in [-0.2, -0.15) is 0 Å². The van der Waals surface area contributed by atoms with E-state index in [1.807, 2.05) is 9.80 Å². The van der Waals surface area contributed by atoms with Crippen LogP contribution in [-0.4, -0.2) is 52.3 Å². The molecule has 0 unspecified atom stereocenters. The van der Waals surface area contributed by atoms with Crippen molar-refractivity contribution in [2.45, 2.75) is 18.9 Å². The SMILES string of the molecule is O=C(c1ccncc1)N1C[C@@H]2CC[C@H](C1)N(C(=O)c1ccc(Cl)s1)C2. The molecule has 5 rings (SSSR count). The van der Waals surface area contributed by atoms with Crippen molar-refractivity contribution in [1.82, 2.24) is 14.8 Å². The first-order valence-electron chi connectivity index (χ1n) is 8.37. The van der Waals surface area contributed by atoms with Gasteiger partial charge in [-0.1, -0.05) is 11.6 Å². The van der Waals surface area contributed by atoms with Gasteiger partial charge in [0.25, 0.3) is 11.8 Å². The van der Waals surface area contributed by atoms with E-state index in [0.29, 0.717) is 40.3 Å². The average Bonchev–Trinajstić information content (AvgIpc) is 2.88. The molecule has 2 atom stereocenters. The summed E-state index contributed by atoms with van der Waals surface area (Å²) in [5, 5.41) is 0. The van der Waals surface area contributed by atoms with Gasteiger partial charge in [0, 0.05) is 43.6 Å². The third-order valence-corrected chi connectivity index (χ3v) is 6.19. The summed E-state index contributed by atoms with van der Waals surface area (Å²) in [4.78, 5) is 34.1. The summed E-state index contributed by atoms with van der Waals surface area (Å²) >= 11 is 7.29. The van der Waals surface area contributed by atoms with Crippen LogP contribution < -0.4 is 0 Å². The molecule has 3 saturated heterocycles. The highest BCUT2D eigenvalue weighted by atomic mass is 35.5. The average molecular weight is 376 g/mol. The summed E-state index contributed by atoms with van der Waals surface area (Å²) in [5.41, 5.74) is 0.652. The first-order valence-corrected chi connectivity index (χ1v) is 9.57. The Labute approximate surface area is 155 Å². The molecule has 2 bridgehead atoms. The maximum absolute atomic E-state index is 12.9. The molecule has 2 aromatic heterocycles. The third-order valence-electron chi connectivity index (χ3n) is 4.97. The molecule has 7 heteroatoms. The largest absolute Gasteiger partial charge is 0.336 e. The van der Waals surface area contributed by atoms with Crippen LogP contribution in [0.2, 0.25) is 4.34 Å². The second-order valence-electron chi connectivity index (χ2n) is 6.60. The second-order valence-corrected chi connectivity index (χ2v) is 8.32. The number of carbonyl (C=O) groups excluding carboxylic acids is 2. The van der Waals surface area contributed by atoms with Crippen molar-refractivity contribution < 1.29 is 9.59 Å². The topological polar surface area (TPSA) is 53.5 Å². The lowest BCUT2D eigenvalue weighted by atomic mass is 9.95. The summed E-state index contributed by atoms with van der Waals surface area (Å²) in [6.07, 6.45) is 5.27. The summed E-state index contributed by atoms with van der Waals surface area (Å²) in [6.45, 7) is 1.99. The fourth-order valence-corrected chi connectivity index (χ4v) is 4.74. The van der Waals surface area contributed by atoms with Gasteiger partial charge in [-0.3, -0.25) is 14.6 Å². The smallest absolute Gasteiger partial charge is 0.264 e. The Morgan fingerprint density at radius 2 is 1.84 bits per heavy atom. The molecule has 0 saturated carbocycles. The molecule has 0 aromatic carbocycles. The van der Waals surface area contributed by atoms with Crippen LogP contribution in [0.3, 0.4) is 0 Å². The maximum atomic E-state index is 12.9. The highest BCUT2D eigenvalue weighted by molar-refractivity contribution is 7.17. The van der Waals surface area contributed by atoms with Crippen LogP contribution in [0.5, 0.6) is 0 Å². The van der Waals surface area contributed by atoms with Crippen molar-refractivity contribution in [2.24, 2.45) is 5.92 Å². The number of nitrogens with zero attached hydrogens (tertiary/aromatic N) is 3. The minimum atomic E-state index is 0.0211. The number of rotatable bonds is 2. The Morgan fingerprint density at radius 3 is 2.56 bits per heavy atom. The molecule has 0 N–H and O–H groups in total. The zero-order chi connectivity index (χ0) is 17.4. The summed E-state index contributed by atoms with van der Waals surface area (Å²) in [7, 11) is 0. The Morgan fingerprint density at radius 1 is 1.04 bits per heavy atom. The minimum absolute atomic E-state index is 0.0211. The Kier molecular flexibility index (Phi) is 4.48. The normalized spacial score (nSPS) is 22.8. The number of fused-ring (bicyclic) bond motifs is 4. The number of hydrogen-bond acceptors (Lipinski definition) is 4. The predicted octanol–water partition coefficient (Wildman–Crippen LogP) is 3.17. The summed E-state index contributed by atoms with van der Waals surface area (Å²) < 4.78 is 0.623. The zero-order valence-electron chi connectivity index (χ0n) is 13.6. The fourth-order valence-electron chi connectivity index (χ4n) is 3.74. The van der Waals surface area contributed by atoms with Crippen LogP contribution >= 0.6 is 22.9 Å². The van der Waals surface area contributed by atoms with Crippen molar-refractivity contribution >= 4 is 34.8 Å². The van der Waals surface area contributed by atoms with Gasteiger partial charge in [0.1, 0.15) is 0 Å². The van der Waals surface area contributed by atoms with Crippen molar-refractivity contribution in [3.63, 3.8) is 0 Å². The van der Waals surface area contributed by atoms with E-state index in [2.05, 4.69) is 4.98 Å². The number of piperidine rings is 1. The minimum Gasteiger partial charge on any atom is -0.336 e. The number of amides is 2. The summed E-state index contributed by atoms with van der Waals surface area (Å²) in [5.74, 6) is 0.376. The van der Waals surface area contributed by atoms with Crippen molar-refractivity contribution in [2.75, 3.05) is 19.6 Å². The first-order chi connectivity index (χ1) is 12.1. The van der Waals surface area contributed by atoms with E-state index < -0.39 is 0 Å². The molecular formula is C18H18ClN3O2S. The van der Waals surface area contributed by atoms with Crippen molar-refractivity contribution in [3.8, 4) is 0 Å². The van der Waals surface area contributed by atoms with E-state index in [1.165, 1.54) is 11.3 Å². The molecule has 0 spiro atoms. The number of thiophene rings is 1. The summed E-state index contributed by atoms with van der Waals surface area (Å²) in [6, 6.07) is 7.10. The molecule has 2 aromatic rings. The fraction of sp³-hybridized carbons (Fsp3) is 0.389. The molecule has 5 heterocycles. The van der Waals surface area contributed by atoms with Gasteiger partial charge in [0.2, 0.25) is 0 Å². The molecule has 130 valence electrons. The van der Waals surface area contributed by atoms with Gasteiger partial charge in [-0.25, -0.2) is 0 Å². The Balaban J connectivity index is 1.54. The number of hydrogen-bond donors (Lipinski definition) is 0. The molecule has 25 heavy (non-hydrogen) atoms. The number of carbonyl (C=O) groups is 2. The van der Waals surface area contributed by atoms with Crippen LogP contribution in [0.1, 0.15) is 32.9 Å². The van der Waals surface area contributed by atoms with Gasteiger partial charge >= 0.3 is 0 Å². The lowest BCUT2D eigenvalue weighted by Gasteiger charge is -2.35. The lowest BCUT2D eigenvalue weighted by molar-refractivity contribution is 0.0579. The monoisotopic (exact) mass is 375 g/mol.